The van der Waals surface area contributed by atoms with Gasteiger partial charge in [0.2, 0.25) is 5.75 Å². The van der Waals surface area contributed by atoms with Crippen molar-refractivity contribution in [1.29, 1.82) is 0 Å². The van der Waals surface area contributed by atoms with E-state index in [0.29, 0.717) is 18.6 Å². The second kappa shape index (κ2) is 9.35. The first-order valence-electron chi connectivity index (χ1n) is 8.54. The summed E-state index contributed by atoms with van der Waals surface area (Å²) >= 11 is 0. The lowest BCUT2D eigenvalue weighted by atomic mass is 10.0. The number of hydrogen-bond donors (Lipinski definition) is 1. The van der Waals surface area contributed by atoms with Gasteiger partial charge in [-0.25, -0.2) is 4.79 Å². The predicted octanol–water partition coefficient (Wildman–Crippen LogP) is 1.97. The van der Waals surface area contributed by atoms with Gasteiger partial charge in [-0.15, -0.1) is 0 Å². The van der Waals surface area contributed by atoms with E-state index >= 15 is 0 Å². The number of ether oxygens (including phenoxy) is 3. The number of methoxy groups -OCH3 is 1. The molecule has 0 amide bonds. The smallest absolute Gasteiger partial charge is 0.342 e. The summed E-state index contributed by atoms with van der Waals surface area (Å²) in [4.78, 5) is 24.3. The van der Waals surface area contributed by atoms with E-state index < -0.39 is 22.1 Å². The normalized spacial score (nSPS) is 14.8. The van der Waals surface area contributed by atoms with Crippen molar-refractivity contribution in [1.82, 2.24) is 4.90 Å². The highest BCUT2D eigenvalue weighted by atomic mass is 16.6. The van der Waals surface area contributed by atoms with Crippen LogP contribution >= 0.6 is 0 Å². The molecule has 0 aromatic heterocycles. The van der Waals surface area contributed by atoms with Crippen molar-refractivity contribution in [2.24, 2.45) is 0 Å². The van der Waals surface area contributed by atoms with Gasteiger partial charge in [0.1, 0.15) is 5.56 Å². The molecule has 1 aliphatic heterocycles. The zero-order valence-electron chi connectivity index (χ0n) is 15.0. The zero-order chi connectivity index (χ0) is 19.1. The third-order valence-corrected chi connectivity index (χ3v) is 4.25. The Morgan fingerprint density at radius 1 is 1.38 bits per heavy atom. The minimum Gasteiger partial charge on any atom is -0.489 e. The van der Waals surface area contributed by atoms with Crippen molar-refractivity contribution < 1.29 is 29.0 Å². The van der Waals surface area contributed by atoms with Crippen LogP contribution in [0.15, 0.2) is 6.07 Å². The molecule has 0 unspecified atom stereocenters. The van der Waals surface area contributed by atoms with Gasteiger partial charge in [-0.3, -0.25) is 15.0 Å². The Morgan fingerprint density at radius 2 is 2.08 bits per heavy atom. The Balaban J connectivity index is 2.18. The maximum absolute atomic E-state index is 11.4. The van der Waals surface area contributed by atoms with Crippen LogP contribution in [0.1, 0.15) is 29.3 Å². The average molecular weight is 368 g/mol. The summed E-state index contributed by atoms with van der Waals surface area (Å²) in [5.74, 6) is -1.27. The number of rotatable bonds is 9. The lowest BCUT2D eigenvalue weighted by Gasteiger charge is -2.26. The highest BCUT2D eigenvalue weighted by Crippen LogP contribution is 2.42. The van der Waals surface area contributed by atoms with Gasteiger partial charge in [0.25, 0.3) is 0 Å². The third kappa shape index (κ3) is 4.61. The van der Waals surface area contributed by atoms with E-state index in [1.54, 1.807) is 0 Å². The van der Waals surface area contributed by atoms with Crippen LogP contribution in [0.25, 0.3) is 0 Å². The number of aromatic carboxylic acids is 1. The Hall–Kier alpha value is -2.39. The first-order valence-corrected chi connectivity index (χ1v) is 8.54. The van der Waals surface area contributed by atoms with E-state index in [9.17, 15) is 20.0 Å². The lowest BCUT2D eigenvalue weighted by Crippen LogP contribution is -2.37. The molecule has 144 valence electrons. The number of nitro groups is 1. The lowest BCUT2D eigenvalue weighted by molar-refractivity contribution is -0.386. The fraction of sp³-hybridized carbons (Fsp3) is 0.588. The predicted molar refractivity (Wildman–Crippen MR) is 93.4 cm³/mol. The van der Waals surface area contributed by atoms with Crippen molar-refractivity contribution in [3.05, 3.63) is 27.3 Å². The van der Waals surface area contributed by atoms with Crippen LogP contribution in [0.4, 0.5) is 5.69 Å². The van der Waals surface area contributed by atoms with Crippen molar-refractivity contribution in [3.8, 4) is 11.5 Å². The molecule has 0 bridgehead atoms. The van der Waals surface area contributed by atoms with E-state index in [1.165, 1.54) is 13.2 Å². The molecule has 0 spiro atoms. The molecular weight excluding hydrogens is 344 g/mol. The topological polar surface area (TPSA) is 111 Å². The molecule has 0 aliphatic carbocycles. The fourth-order valence-electron chi connectivity index (χ4n) is 2.93. The van der Waals surface area contributed by atoms with Crippen LogP contribution in [0.5, 0.6) is 11.5 Å². The Kier molecular flexibility index (Phi) is 7.16. The standard InChI is InChI=1S/C17H24N2O7/c1-3-12-11-13(17(20)21)14(19(22)23)16(24-2)15(12)26-8-4-5-18-6-9-25-10-7-18/h11H,3-10H2,1-2H3,(H,20,21). The minimum atomic E-state index is -1.37. The maximum atomic E-state index is 11.4. The molecule has 2 rings (SSSR count). The zero-order valence-corrected chi connectivity index (χ0v) is 15.0. The van der Waals surface area contributed by atoms with Crippen LogP contribution in [-0.2, 0) is 11.2 Å². The van der Waals surface area contributed by atoms with Crippen molar-refractivity contribution in [2.75, 3.05) is 46.6 Å². The summed E-state index contributed by atoms with van der Waals surface area (Å²) in [5.41, 5.74) is -0.416. The second-order valence-corrected chi connectivity index (χ2v) is 5.87. The van der Waals surface area contributed by atoms with Gasteiger partial charge in [-0.05, 0) is 24.5 Å². The molecule has 1 N–H and O–H groups in total. The SMILES string of the molecule is CCc1cc(C(=O)O)c([N+](=O)[O-])c(OC)c1OCCCN1CCOCC1. The molecule has 9 nitrogen and oxygen atoms in total. The van der Waals surface area contributed by atoms with Gasteiger partial charge in [0.15, 0.2) is 5.75 Å². The molecule has 1 aliphatic rings. The van der Waals surface area contributed by atoms with Crippen LogP contribution in [0, 0.1) is 10.1 Å². The maximum Gasteiger partial charge on any atom is 0.342 e. The van der Waals surface area contributed by atoms with Gasteiger partial charge in [0.05, 0.1) is 31.9 Å². The van der Waals surface area contributed by atoms with Crippen LogP contribution in [-0.4, -0.2) is 67.5 Å². The first kappa shape index (κ1) is 19.9. The molecule has 9 heteroatoms. The number of carboxylic acids is 1. The molecular formula is C17H24N2O7. The number of carbonyl (C=O) groups is 1. The van der Waals surface area contributed by atoms with Crippen molar-refractivity contribution in [3.63, 3.8) is 0 Å². The van der Waals surface area contributed by atoms with Crippen molar-refractivity contribution >= 4 is 11.7 Å². The molecule has 1 aromatic carbocycles. The van der Waals surface area contributed by atoms with E-state index in [-0.39, 0.29) is 11.5 Å². The Morgan fingerprint density at radius 3 is 2.62 bits per heavy atom. The second-order valence-electron chi connectivity index (χ2n) is 5.87. The van der Waals surface area contributed by atoms with E-state index in [0.717, 1.165) is 39.3 Å². The first-order chi connectivity index (χ1) is 12.5. The van der Waals surface area contributed by atoms with Gasteiger partial charge in [0, 0.05) is 19.6 Å². The molecule has 1 saturated heterocycles. The highest BCUT2D eigenvalue weighted by molar-refractivity contribution is 5.95. The molecule has 1 fully saturated rings. The van der Waals surface area contributed by atoms with E-state index in [2.05, 4.69) is 4.90 Å². The number of nitrogens with zero attached hydrogens (tertiary/aromatic N) is 2. The van der Waals surface area contributed by atoms with Crippen LogP contribution in [0.2, 0.25) is 0 Å². The van der Waals surface area contributed by atoms with Gasteiger partial charge in [-0.2, -0.15) is 0 Å². The number of nitro benzene ring substituents is 1. The summed E-state index contributed by atoms with van der Waals surface area (Å²) in [5, 5.41) is 20.7. The average Bonchev–Trinajstić information content (AvgIpc) is 2.64. The molecule has 1 aromatic rings. The van der Waals surface area contributed by atoms with Crippen LogP contribution in [0.3, 0.4) is 0 Å². The number of carboxylic acid groups (broad SMARTS) is 1. The number of morpholine rings is 1. The summed E-state index contributed by atoms with van der Waals surface area (Å²) in [6, 6.07) is 1.29. The molecule has 0 saturated carbocycles. The van der Waals surface area contributed by atoms with Gasteiger partial charge < -0.3 is 19.3 Å². The van der Waals surface area contributed by atoms with Gasteiger partial charge in [-0.1, -0.05) is 6.92 Å². The Bertz CT molecular complexity index is 657. The number of hydrogen-bond acceptors (Lipinski definition) is 7. The molecule has 26 heavy (non-hydrogen) atoms. The minimum absolute atomic E-state index is 0.141. The summed E-state index contributed by atoms with van der Waals surface area (Å²) in [6.45, 7) is 6.21. The summed E-state index contributed by atoms with van der Waals surface area (Å²) < 4.78 is 16.2. The molecule has 0 atom stereocenters. The van der Waals surface area contributed by atoms with E-state index in [1.807, 2.05) is 6.92 Å². The number of aryl methyl sites for hydroxylation is 1. The Labute approximate surface area is 151 Å². The monoisotopic (exact) mass is 368 g/mol. The van der Waals surface area contributed by atoms with Crippen LogP contribution < -0.4 is 9.47 Å². The van der Waals surface area contributed by atoms with E-state index in [4.69, 9.17) is 14.2 Å². The highest BCUT2D eigenvalue weighted by Gasteiger charge is 2.31. The molecule has 1 heterocycles. The van der Waals surface area contributed by atoms with Gasteiger partial charge >= 0.3 is 11.7 Å². The summed E-state index contributed by atoms with van der Waals surface area (Å²) in [6.07, 6.45) is 1.20. The third-order valence-electron chi connectivity index (χ3n) is 4.25. The molecule has 0 radical (unpaired) electrons. The largest absolute Gasteiger partial charge is 0.489 e. The fourth-order valence-corrected chi connectivity index (χ4v) is 2.93. The summed E-state index contributed by atoms with van der Waals surface area (Å²) in [7, 11) is 1.27. The number of benzene rings is 1. The quantitative estimate of drug-likeness (QED) is 0.400. The van der Waals surface area contributed by atoms with Crippen molar-refractivity contribution in [2.45, 2.75) is 19.8 Å².